The molecular weight excluding hydrogens is 330 g/mol. The van der Waals surface area contributed by atoms with Gasteiger partial charge in [-0.3, -0.25) is 4.90 Å². The van der Waals surface area contributed by atoms with Crippen LogP contribution in [-0.2, 0) is 6.54 Å². The number of aromatic nitrogens is 1. The predicted molar refractivity (Wildman–Crippen MR) is 103 cm³/mol. The third kappa shape index (κ3) is 3.78. The van der Waals surface area contributed by atoms with Crippen LogP contribution < -0.4 is 4.90 Å². The average molecular weight is 353 g/mol. The molecule has 0 aliphatic carbocycles. The van der Waals surface area contributed by atoms with Crippen LogP contribution in [0.1, 0.15) is 17.8 Å². The molecule has 0 N–H and O–H groups in total. The van der Waals surface area contributed by atoms with Gasteiger partial charge in [-0.15, -0.1) is 11.3 Å². The highest BCUT2D eigenvalue weighted by Gasteiger charge is 2.23. The Kier molecular flexibility index (Phi) is 4.85. The molecule has 0 atom stereocenters. The Balaban J connectivity index is 1.34. The minimum atomic E-state index is 0.641. The fourth-order valence-electron chi connectivity index (χ4n) is 3.52. The third-order valence-electron chi connectivity index (χ3n) is 4.99. The maximum absolute atomic E-state index is 5.46. The first-order chi connectivity index (χ1) is 12.3. The predicted octanol–water partition coefficient (Wildman–Crippen LogP) is 4.50. The number of rotatable bonds is 5. The van der Waals surface area contributed by atoms with Gasteiger partial charge in [0.1, 0.15) is 10.8 Å². The molecule has 0 radical (unpaired) electrons. The first-order valence-electron chi connectivity index (χ1n) is 8.77. The fraction of sp³-hybridized carbons (Fsp3) is 0.350. The average Bonchev–Trinajstić information content (AvgIpc) is 3.36. The molecule has 4 nitrogen and oxygen atoms in total. The molecule has 1 aliphatic rings. The molecule has 2 aromatic heterocycles. The van der Waals surface area contributed by atoms with E-state index < -0.39 is 0 Å². The van der Waals surface area contributed by atoms with E-state index in [9.17, 15) is 0 Å². The monoisotopic (exact) mass is 353 g/mol. The first-order valence-corrected chi connectivity index (χ1v) is 9.65. The number of hydrogen-bond acceptors (Lipinski definition) is 5. The molecule has 130 valence electrons. The second kappa shape index (κ2) is 7.42. The van der Waals surface area contributed by atoms with E-state index in [0.717, 1.165) is 31.0 Å². The van der Waals surface area contributed by atoms with E-state index in [-0.39, 0.29) is 0 Å². The number of benzene rings is 1. The highest BCUT2D eigenvalue weighted by molar-refractivity contribution is 7.09. The lowest BCUT2D eigenvalue weighted by Crippen LogP contribution is -2.43. The van der Waals surface area contributed by atoms with Gasteiger partial charge in [-0.2, -0.15) is 0 Å². The van der Waals surface area contributed by atoms with Gasteiger partial charge in [0.2, 0.25) is 0 Å². The summed E-state index contributed by atoms with van der Waals surface area (Å²) in [6.07, 6.45) is 6.00. The maximum atomic E-state index is 5.46. The number of hydrogen-bond donors (Lipinski definition) is 0. The molecule has 3 aromatic rings. The number of piperidine rings is 1. The zero-order valence-corrected chi connectivity index (χ0v) is 15.3. The van der Waals surface area contributed by atoms with Crippen LogP contribution >= 0.6 is 11.3 Å². The molecule has 1 fully saturated rings. The lowest BCUT2D eigenvalue weighted by Gasteiger charge is -2.37. The summed E-state index contributed by atoms with van der Waals surface area (Å²) >= 11 is 1.74. The van der Waals surface area contributed by atoms with Crippen LogP contribution in [0.5, 0.6) is 0 Å². The van der Waals surface area contributed by atoms with Gasteiger partial charge in [0.15, 0.2) is 0 Å². The van der Waals surface area contributed by atoms with E-state index in [1.54, 1.807) is 17.6 Å². The van der Waals surface area contributed by atoms with Crippen LogP contribution in [0.25, 0.3) is 11.3 Å². The van der Waals surface area contributed by atoms with Crippen LogP contribution in [0.3, 0.4) is 0 Å². The van der Waals surface area contributed by atoms with Gasteiger partial charge in [-0.05, 0) is 56.3 Å². The van der Waals surface area contributed by atoms with Crippen molar-refractivity contribution in [1.82, 2.24) is 9.88 Å². The molecule has 1 aromatic carbocycles. The van der Waals surface area contributed by atoms with Gasteiger partial charge < -0.3 is 9.32 Å². The largest absolute Gasteiger partial charge is 0.464 e. The Labute approximate surface area is 152 Å². The van der Waals surface area contributed by atoms with Crippen LogP contribution in [0.4, 0.5) is 5.69 Å². The standard InChI is InChI=1S/C20H23N3OS/c1-22(15-20-21-10-14-25-20)17-8-11-23(12-9-17)18-6-4-16(5-7-18)19-3-2-13-24-19/h2-7,10,13-14,17H,8-9,11-12,15H2,1H3. The fourth-order valence-corrected chi connectivity index (χ4v) is 4.20. The first kappa shape index (κ1) is 16.4. The van der Waals surface area contributed by atoms with Crippen LogP contribution in [0.15, 0.2) is 58.7 Å². The summed E-state index contributed by atoms with van der Waals surface area (Å²) in [7, 11) is 2.22. The summed E-state index contributed by atoms with van der Waals surface area (Å²) in [5.74, 6) is 0.925. The molecule has 4 rings (SSSR count). The Morgan fingerprint density at radius 3 is 2.64 bits per heavy atom. The summed E-state index contributed by atoms with van der Waals surface area (Å²) in [4.78, 5) is 9.34. The smallest absolute Gasteiger partial charge is 0.133 e. The summed E-state index contributed by atoms with van der Waals surface area (Å²) in [5, 5.41) is 3.26. The van der Waals surface area contributed by atoms with Crippen molar-refractivity contribution in [2.24, 2.45) is 0 Å². The number of anilines is 1. The van der Waals surface area contributed by atoms with Gasteiger partial charge in [-0.1, -0.05) is 0 Å². The van der Waals surface area contributed by atoms with Crippen molar-refractivity contribution in [2.75, 3.05) is 25.0 Å². The van der Waals surface area contributed by atoms with Crippen molar-refractivity contribution in [3.05, 3.63) is 59.2 Å². The van der Waals surface area contributed by atoms with E-state index in [2.05, 4.69) is 51.5 Å². The van der Waals surface area contributed by atoms with Gasteiger partial charge in [0, 0.05) is 42.0 Å². The third-order valence-corrected chi connectivity index (χ3v) is 5.76. The second-order valence-corrected chi connectivity index (χ2v) is 7.56. The number of thiazole rings is 1. The maximum Gasteiger partial charge on any atom is 0.133 e. The summed E-state index contributed by atoms with van der Waals surface area (Å²) in [6, 6.07) is 13.3. The minimum Gasteiger partial charge on any atom is -0.464 e. The molecular formula is C20H23N3OS. The van der Waals surface area contributed by atoms with Gasteiger partial charge in [0.05, 0.1) is 12.8 Å². The second-order valence-electron chi connectivity index (χ2n) is 6.58. The highest BCUT2D eigenvalue weighted by Crippen LogP contribution is 2.26. The topological polar surface area (TPSA) is 32.5 Å². The molecule has 5 heteroatoms. The molecule has 0 spiro atoms. The van der Waals surface area contributed by atoms with Crippen LogP contribution in [0, 0.1) is 0 Å². The van der Waals surface area contributed by atoms with E-state index in [0.29, 0.717) is 6.04 Å². The summed E-state index contributed by atoms with van der Waals surface area (Å²) in [5.41, 5.74) is 2.43. The van der Waals surface area contributed by atoms with Crippen molar-refractivity contribution in [3.63, 3.8) is 0 Å². The molecule has 1 saturated heterocycles. The molecule has 0 amide bonds. The molecule has 1 aliphatic heterocycles. The minimum absolute atomic E-state index is 0.641. The van der Waals surface area contributed by atoms with Crippen molar-refractivity contribution in [2.45, 2.75) is 25.4 Å². The number of nitrogens with zero attached hydrogens (tertiary/aromatic N) is 3. The van der Waals surface area contributed by atoms with Gasteiger partial charge in [0.25, 0.3) is 0 Å². The van der Waals surface area contributed by atoms with Crippen molar-refractivity contribution < 1.29 is 4.42 Å². The van der Waals surface area contributed by atoms with Gasteiger partial charge in [-0.25, -0.2) is 4.98 Å². The Bertz CT molecular complexity index is 760. The quantitative estimate of drug-likeness (QED) is 0.676. The van der Waals surface area contributed by atoms with Crippen LogP contribution in [-0.4, -0.2) is 36.1 Å². The van der Waals surface area contributed by atoms with E-state index in [1.807, 2.05) is 18.3 Å². The molecule has 0 bridgehead atoms. The lowest BCUT2D eigenvalue weighted by molar-refractivity contribution is 0.200. The van der Waals surface area contributed by atoms with E-state index >= 15 is 0 Å². The Hall–Kier alpha value is -2.11. The molecule has 0 unspecified atom stereocenters. The molecule has 25 heavy (non-hydrogen) atoms. The van der Waals surface area contributed by atoms with Crippen molar-refractivity contribution >= 4 is 17.0 Å². The zero-order valence-electron chi connectivity index (χ0n) is 14.5. The Morgan fingerprint density at radius 2 is 2.00 bits per heavy atom. The highest BCUT2D eigenvalue weighted by atomic mass is 32.1. The van der Waals surface area contributed by atoms with Crippen molar-refractivity contribution in [1.29, 1.82) is 0 Å². The molecule has 0 saturated carbocycles. The van der Waals surface area contributed by atoms with E-state index in [1.165, 1.54) is 23.5 Å². The Morgan fingerprint density at radius 1 is 1.20 bits per heavy atom. The number of furan rings is 1. The van der Waals surface area contributed by atoms with Gasteiger partial charge >= 0.3 is 0 Å². The molecule has 3 heterocycles. The lowest BCUT2D eigenvalue weighted by atomic mass is 10.0. The normalized spacial score (nSPS) is 15.8. The van der Waals surface area contributed by atoms with Crippen LogP contribution in [0.2, 0.25) is 0 Å². The summed E-state index contributed by atoms with van der Waals surface area (Å²) in [6.45, 7) is 3.17. The van der Waals surface area contributed by atoms with E-state index in [4.69, 9.17) is 4.42 Å². The van der Waals surface area contributed by atoms with Crippen molar-refractivity contribution in [3.8, 4) is 11.3 Å². The zero-order chi connectivity index (χ0) is 17.1. The summed E-state index contributed by atoms with van der Waals surface area (Å²) < 4.78 is 5.46. The SMILES string of the molecule is CN(Cc1nccs1)C1CCN(c2ccc(-c3ccco3)cc2)CC1.